The number of benzene rings is 2. The maximum Gasteiger partial charge on any atom is 0.319 e. The molecule has 6 nitrogen and oxygen atoms in total. The Morgan fingerprint density at radius 3 is 2.63 bits per heavy atom. The van der Waals surface area contributed by atoms with Gasteiger partial charge in [0.1, 0.15) is 0 Å². The zero-order chi connectivity index (χ0) is 24.8. The zero-order valence-electron chi connectivity index (χ0n) is 21.3. The van der Waals surface area contributed by atoms with Gasteiger partial charge in [-0.25, -0.2) is 4.79 Å². The molecule has 6 heteroatoms. The summed E-state index contributed by atoms with van der Waals surface area (Å²) in [5, 5.41) is 10.8. The van der Waals surface area contributed by atoms with E-state index in [-0.39, 0.29) is 6.03 Å². The van der Waals surface area contributed by atoms with Crippen molar-refractivity contribution in [2.75, 3.05) is 38.0 Å². The minimum atomic E-state index is -0.161. The maximum atomic E-state index is 12.8. The Morgan fingerprint density at radius 2 is 1.89 bits per heavy atom. The van der Waals surface area contributed by atoms with E-state index in [2.05, 4.69) is 77.4 Å². The van der Waals surface area contributed by atoms with Crippen LogP contribution in [0.5, 0.6) is 0 Å². The van der Waals surface area contributed by atoms with Gasteiger partial charge in [-0.15, -0.1) is 0 Å². The van der Waals surface area contributed by atoms with E-state index < -0.39 is 0 Å². The van der Waals surface area contributed by atoms with Gasteiger partial charge in [-0.3, -0.25) is 0 Å². The van der Waals surface area contributed by atoms with E-state index in [1.165, 1.54) is 22.1 Å². The van der Waals surface area contributed by atoms with Gasteiger partial charge < -0.3 is 25.8 Å². The molecule has 2 aromatic carbocycles. The summed E-state index contributed by atoms with van der Waals surface area (Å²) >= 11 is 0. The maximum absolute atomic E-state index is 12.8. The number of nitrogens with zero attached hydrogens (tertiary/aromatic N) is 1. The van der Waals surface area contributed by atoms with Gasteiger partial charge in [-0.1, -0.05) is 45.5 Å². The lowest BCUT2D eigenvalue weighted by Crippen LogP contribution is -2.42. The summed E-state index contributed by atoms with van der Waals surface area (Å²) in [5.41, 5.74) is 7.91. The minimum absolute atomic E-state index is 0.161. The van der Waals surface area contributed by atoms with Crippen LogP contribution in [-0.4, -0.2) is 48.6 Å². The third kappa shape index (κ3) is 6.06. The summed E-state index contributed by atoms with van der Waals surface area (Å²) < 4.78 is 0. The first kappa shape index (κ1) is 24.9. The predicted molar refractivity (Wildman–Crippen MR) is 147 cm³/mol. The molecule has 1 aliphatic heterocycles. The molecule has 0 unspecified atom stereocenters. The molecule has 186 valence electrons. The molecule has 2 heterocycles. The summed E-state index contributed by atoms with van der Waals surface area (Å²) in [4.78, 5) is 18.5. The molecule has 1 saturated heterocycles. The number of nitrogens with one attached hydrogen (secondary N) is 4. The van der Waals surface area contributed by atoms with E-state index in [0.717, 1.165) is 67.9 Å². The number of hydrogen-bond acceptors (Lipinski definition) is 3. The molecule has 1 aliphatic rings. The average Bonchev–Trinajstić information content (AvgIpc) is 3.27. The monoisotopic (exact) mass is 473 g/mol. The van der Waals surface area contributed by atoms with Crippen molar-refractivity contribution in [2.45, 2.75) is 40.0 Å². The van der Waals surface area contributed by atoms with Gasteiger partial charge in [0.2, 0.25) is 0 Å². The van der Waals surface area contributed by atoms with Crippen molar-refractivity contribution in [2.24, 2.45) is 5.92 Å². The van der Waals surface area contributed by atoms with Crippen LogP contribution >= 0.6 is 0 Å². The number of amides is 2. The van der Waals surface area contributed by atoms with Crippen LogP contribution < -0.4 is 16.0 Å². The number of urea groups is 1. The second-order valence-electron chi connectivity index (χ2n) is 9.79. The normalized spacial score (nSPS) is 13.9. The van der Waals surface area contributed by atoms with Crippen LogP contribution in [0.3, 0.4) is 0 Å². The molecular weight excluding hydrogens is 434 g/mol. The highest BCUT2D eigenvalue weighted by molar-refractivity contribution is 5.91. The number of anilines is 1. The van der Waals surface area contributed by atoms with Crippen molar-refractivity contribution in [3.8, 4) is 0 Å². The summed E-state index contributed by atoms with van der Waals surface area (Å²) in [7, 11) is 0. The molecule has 2 amide bonds. The fourth-order valence-electron chi connectivity index (χ4n) is 4.90. The lowest BCUT2D eigenvalue weighted by atomic mass is 9.93. The molecule has 4 N–H and O–H groups in total. The zero-order valence-corrected chi connectivity index (χ0v) is 21.3. The number of carbonyl (C=O) groups excluding carboxylic acids is 1. The van der Waals surface area contributed by atoms with Gasteiger partial charge in [0.05, 0.1) is 0 Å². The molecule has 0 bridgehead atoms. The molecule has 3 aromatic rings. The largest absolute Gasteiger partial charge is 0.369 e. The molecule has 0 atom stereocenters. The number of fused-ring (bicyclic) bond motifs is 1. The summed E-state index contributed by atoms with van der Waals surface area (Å²) in [5.74, 6) is 0.480. The number of para-hydroxylation sites is 1. The molecule has 4 rings (SSSR count). The smallest absolute Gasteiger partial charge is 0.319 e. The van der Waals surface area contributed by atoms with Gasteiger partial charge in [0.15, 0.2) is 0 Å². The third-order valence-corrected chi connectivity index (χ3v) is 6.75. The number of H-pyrrole nitrogens is 1. The molecule has 0 spiro atoms. The Balaban J connectivity index is 1.46. The fourth-order valence-corrected chi connectivity index (χ4v) is 4.90. The highest BCUT2D eigenvalue weighted by atomic mass is 16.2. The number of hydrogen-bond donors (Lipinski definition) is 4. The second-order valence-corrected chi connectivity index (χ2v) is 9.79. The lowest BCUT2D eigenvalue weighted by Gasteiger charge is -2.32. The molecule has 1 aromatic heterocycles. The van der Waals surface area contributed by atoms with Crippen molar-refractivity contribution in [1.82, 2.24) is 20.5 Å². The lowest BCUT2D eigenvalue weighted by molar-refractivity contribution is 0.252. The number of aryl methyl sites for hydroxylation is 1. The van der Waals surface area contributed by atoms with Crippen LogP contribution in [0.2, 0.25) is 0 Å². The van der Waals surface area contributed by atoms with Crippen LogP contribution in [0, 0.1) is 5.92 Å². The fraction of sp³-hybridized carbons (Fsp3) is 0.414. The van der Waals surface area contributed by atoms with Crippen LogP contribution in [0.1, 0.15) is 43.0 Å². The van der Waals surface area contributed by atoms with E-state index in [1.54, 1.807) is 0 Å². The number of aromatic nitrogens is 1. The van der Waals surface area contributed by atoms with Crippen molar-refractivity contribution in [3.63, 3.8) is 0 Å². The Kier molecular flexibility index (Phi) is 8.13. The van der Waals surface area contributed by atoms with E-state index in [9.17, 15) is 4.79 Å². The average molecular weight is 474 g/mol. The first-order valence-corrected chi connectivity index (χ1v) is 12.9. The summed E-state index contributed by atoms with van der Waals surface area (Å²) in [6.07, 6.45) is 4.60. The number of aromatic amines is 1. The molecular formula is C29H39N5O. The van der Waals surface area contributed by atoms with E-state index in [0.29, 0.717) is 12.5 Å². The number of piperazine rings is 1. The highest BCUT2D eigenvalue weighted by Crippen LogP contribution is 2.30. The Bertz CT molecular complexity index is 1170. The van der Waals surface area contributed by atoms with E-state index in [4.69, 9.17) is 0 Å². The standard InChI is InChI=1S/C29H39N5O/c1-5-22-18-28(24(16-20(2)3)17-26(22)21(4)34-14-12-30-13-15-34)33-29(35)31-11-10-23-19-32-27-9-7-6-8-25(23)27/h6-9,17-20,30,32H,4-5,10-16H2,1-3H3,(H2,31,33,35). The van der Waals surface area contributed by atoms with Gasteiger partial charge in [-0.05, 0) is 60.1 Å². The number of carbonyl (C=O) groups is 1. The van der Waals surface area contributed by atoms with Gasteiger partial charge in [0.25, 0.3) is 0 Å². The van der Waals surface area contributed by atoms with Crippen LogP contribution in [-0.2, 0) is 19.3 Å². The first-order chi connectivity index (χ1) is 17.0. The Labute approximate surface area is 209 Å². The SMILES string of the molecule is C=C(c1cc(CC(C)C)c(NC(=O)NCCc2c[nH]c3ccccc23)cc1CC)N1CCNCC1. The van der Waals surface area contributed by atoms with Crippen molar-refractivity contribution < 1.29 is 4.79 Å². The van der Waals surface area contributed by atoms with Crippen LogP contribution in [0.4, 0.5) is 10.5 Å². The van der Waals surface area contributed by atoms with Crippen LogP contribution in [0.25, 0.3) is 16.6 Å². The molecule has 0 radical (unpaired) electrons. The van der Waals surface area contributed by atoms with Crippen molar-refractivity contribution >= 4 is 28.3 Å². The van der Waals surface area contributed by atoms with Crippen molar-refractivity contribution in [3.05, 3.63) is 71.4 Å². The minimum Gasteiger partial charge on any atom is -0.369 e. The topological polar surface area (TPSA) is 72.2 Å². The van der Waals surface area contributed by atoms with E-state index >= 15 is 0 Å². The summed E-state index contributed by atoms with van der Waals surface area (Å²) in [6, 6.07) is 12.5. The van der Waals surface area contributed by atoms with Gasteiger partial charge in [-0.2, -0.15) is 0 Å². The first-order valence-electron chi connectivity index (χ1n) is 12.9. The second kappa shape index (κ2) is 11.5. The molecule has 35 heavy (non-hydrogen) atoms. The predicted octanol–water partition coefficient (Wildman–Crippen LogP) is 5.17. The quantitative estimate of drug-likeness (QED) is 0.347. The molecule has 1 fully saturated rings. The number of rotatable bonds is 9. The molecule has 0 saturated carbocycles. The van der Waals surface area contributed by atoms with Gasteiger partial charge in [0, 0.05) is 66.8 Å². The van der Waals surface area contributed by atoms with Gasteiger partial charge >= 0.3 is 6.03 Å². The van der Waals surface area contributed by atoms with E-state index in [1.807, 2.05) is 18.3 Å². The molecule has 0 aliphatic carbocycles. The highest BCUT2D eigenvalue weighted by Gasteiger charge is 2.19. The summed E-state index contributed by atoms with van der Waals surface area (Å²) in [6.45, 7) is 15.5. The van der Waals surface area contributed by atoms with Crippen LogP contribution in [0.15, 0.2) is 49.2 Å². The third-order valence-electron chi connectivity index (χ3n) is 6.75. The Hall–Kier alpha value is -3.25. The Morgan fingerprint density at radius 1 is 1.11 bits per heavy atom. The van der Waals surface area contributed by atoms with Crippen molar-refractivity contribution in [1.29, 1.82) is 0 Å².